The van der Waals surface area contributed by atoms with Crippen molar-refractivity contribution in [3.63, 3.8) is 0 Å². The first-order chi connectivity index (χ1) is 9.12. The maximum atomic E-state index is 12.3. The number of ether oxygens (including phenoxy) is 1. The third-order valence-corrected chi connectivity index (χ3v) is 4.37. The first-order valence-electron chi connectivity index (χ1n) is 6.72. The van der Waals surface area contributed by atoms with Crippen molar-refractivity contribution in [3.8, 4) is 6.07 Å². The Kier molecular flexibility index (Phi) is 3.90. The lowest BCUT2D eigenvalue weighted by atomic mass is 9.70. The van der Waals surface area contributed by atoms with E-state index in [9.17, 15) is 4.79 Å². The summed E-state index contributed by atoms with van der Waals surface area (Å²) < 4.78 is 5.03. The summed E-state index contributed by atoms with van der Waals surface area (Å²) in [6, 6.07) is 9.47. The summed E-state index contributed by atoms with van der Waals surface area (Å²) in [5, 5.41) is 9.02. The first kappa shape index (κ1) is 13.6. The van der Waals surface area contributed by atoms with E-state index in [1.165, 1.54) is 7.11 Å². The predicted molar refractivity (Wildman–Crippen MR) is 72.5 cm³/mol. The van der Waals surface area contributed by atoms with Crippen LogP contribution in [0.1, 0.15) is 43.7 Å². The van der Waals surface area contributed by atoms with Crippen molar-refractivity contribution >= 4 is 5.97 Å². The van der Waals surface area contributed by atoms with Gasteiger partial charge in [0.15, 0.2) is 0 Å². The smallest absolute Gasteiger partial charge is 0.316 e. The van der Waals surface area contributed by atoms with Crippen molar-refractivity contribution in [2.45, 2.75) is 38.0 Å². The van der Waals surface area contributed by atoms with E-state index in [0.717, 1.165) is 31.2 Å². The van der Waals surface area contributed by atoms with Crippen LogP contribution in [0.25, 0.3) is 0 Å². The predicted octanol–water partition coefficient (Wildman–Crippen LogP) is 3.18. The van der Waals surface area contributed by atoms with E-state index >= 15 is 0 Å². The maximum Gasteiger partial charge on any atom is 0.316 e. The molecule has 0 bridgehead atoms. The second kappa shape index (κ2) is 5.44. The molecule has 0 unspecified atom stereocenters. The van der Waals surface area contributed by atoms with Crippen LogP contribution in [0.2, 0.25) is 0 Å². The number of nitrogens with zero attached hydrogens (tertiary/aromatic N) is 1. The zero-order valence-electron chi connectivity index (χ0n) is 11.5. The van der Waals surface area contributed by atoms with Gasteiger partial charge in [0.1, 0.15) is 0 Å². The number of hydrogen-bond acceptors (Lipinski definition) is 3. The van der Waals surface area contributed by atoms with Gasteiger partial charge in [-0.25, -0.2) is 0 Å². The molecule has 1 fully saturated rings. The number of esters is 1. The quantitative estimate of drug-likeness (QED) is 0.781. The van der Waals surface area contributed by atoms with E-state index in [1.54, 1.807) is 6.07 Å². The van der Waals surface area contributed by atoms with Crippen LogP contribution >= 0.6 is 0 Å². The molecule has 100 valence electrons. The van der Waals surface area contributed by atoms with E-state index in [2.05, 4.69) is 6.07 Å². The van der Waals surface area contributed by atoms with Crippen LogP contribution in [0.15, 0.2) is 24.3 Å². The number of carbonyl (C=O) groups is 1. The average molecular weight is 257 g/mol. The third-order valence-electron chi connectivity index (χ3n) is 4.37. The first-order valence-corrected chi connectivity index (χ1v) is 6.72. The summed E-state index contributed by atoms with van der Waals surface area (Å²) in [4.78, 5) is 12.3. The molecule has 0 heterocycles. The standard InChI is InChI=1S/C16H19NO2/c1-16(15(18)19-2,13-7-3-4-8-13)14-9-5-6-12(10-14)11-17/h5-6,9-10,13H,3-4,7-8H2,1-2H3/t16-/m0/s1. The van der Waals surface area contributed by atoms with Crippen molar-refractivity contribution < 1.29 is 9.53 Å². The van der Waals surface area contributed by atoms with Gasteiger partial charge >= 0.3 is 5.97 Å². The lowest BCUT2D eigenvalue weighted by Gasteiger charge is -2.33. The Labute approximate surface area is 114 Å². The minimum absolute atomic E-state index is 0.200. The molecule has 1 saturated carbocycles. The van der Waals surface area contributed by atoms with Crippen molar-refractivity contribution in [1.82, 2.24) is 0 Å². The summed E-state index contributed by atoms with van der Waals surface area (Å²) in [6.07, 6.45) is 4.41. The maximum absolute atomic E-state index is 12.3. The largest absolute Gasteiger partial charge is 0.468 e. The molecule has 1 aromatic carbocycles. The summed E-state index contributed by atoms with van der Waals surface area (Å²) in [5.41, 5.74) is 0.842. The number of hydrogen-bond donors (Lipinski definition) is 0. The van der Waals surface area contributed by atoms with Crippen LogP contribution in [-0.4, -0.2) is 13.1 Å². The monoisotopic (exact) mass is 257 g/mol. The molecule has 1 aromatic rings. The fourth-order valence-electron chi connectivity index (χ4n) is 3.15. The molecule has 2 rings (SSSR count). The van der Waals surface area contributed by atoms with Crippen LogP contribution in [0.4, 0.5) is 0 Å². The van der Waals surface area contributed by atoms with Gasteiger partial charge in [0.05, 0.1) is 24.2 Å². The van der Waals surface area contributed by atoms with Crippen LogP contribution < -0.4 is 0 Å². The van der Waals surface area contributed by atoms with Gasteiger partial charge in [-0.15, -0.1) is 0 Å². The van der Waals surface area contributed by atoms with E-state index < -0.39 is 5.41 Å². The van der Waals surface area contributed by atoms with Crippen molar-refractivity contribution in [3.05, 3.63) is 35.4 Å². The number of rotatable bonds is 3. The van der Waals surface area contributed by atoms with Gasteiger partial charge in [0.2, 0.25) is 0 Å². The molecule has 1 aliphatic rings. The molecule has 19 heavy (non-hydrogen) atoms. The summed E-state index contributed by atoms with van der Waals surface area (Å²) in [7, 11) is 1.43. The van der Waals surface area contributed by atoms with Crippen LogP contribution in [0.3, 0.4) is 0 Å². The Balaban J connectivity index is 2.47. The average Bonchev–Trinajstić information content (AvgIpc) is 3.00. The summed E-state index contributed by atoms with van der Waals surface area (Å²) in [5.74, 6) is 0.100. The molecule has 3 nitrogen and oxygen atoms in total. The number of methoxy groups -OCH3 is 1. The highest BCUT2D eigenvalue weighted by Gasteiger charge is 2.44. The van der Waals surface area contributed by atoms with Gasteiger partial charge in [-0.05, 0) is 43.4 Å². The molecule has 0 N–H and O–H groups in total. The molecule has 0 aromatic heterocycles. The van der Waals surface area contributed by atoms with Crippen molar-refractivity contribution in [2.24, 2.45) is 5.92 Å². The minimum Gasteiger partial charge on any atom is -0.468 e. The summed E-state index contributed by atoms with van der Waals surface area (Å²) in [6.45, 7) is 1.95. The summed E-state index contributed by atoms with van der Waals surface area (Å²) >= 11 is 0. The molecule has 1 atom stereocenters. The highest BCUT2D eigenvalue weighted by atomic mass is 16.5. The van der Waals surface area contributed by atoms with Gasteiger partial charge < -0.3 is 4.74 Å². The van der Waals surface area contributed by atoms with Crippen LogP contribution in [0, 0.1) is 17.2 Å². The van der Waals surface area contributed by atoms with Gasteiger partial charge in [0, 0.05) is 0 Å². The highest BCUT2D eigenvalue weighted by molar-refractivity contribution is 5.83. The molecular weight excluding hydrogens is 238 g/mol. The Morgan fingerprint density at radius 2 is 2.11 bits per heavy atom. The third kappa shape index (κ3) is 2.35. The highest BCUT2D eigenvalue weighted by Crippen LogP contribution is 2.43. The van der Waals surface area contributed by atoms with Crippen molar-refractivity contribution in [1.29, 1.82) is 5.26 Å². The Morgan fingerprint density at radius 1 is 1.42 bits per heavy atom. The number of nitriles is 1. The Bertz CT molecular complexity index is 512. The van der Waals surface area contributed by atoms with Gasteiger partial charge in [0.25, 0.3) is 0 Å². The molecule has 3 heteroatoms. The Morgan fingerprint density at radius 3 is 2.68 bits per heavy atom. The van der Waals surface area contributed by atoms with Gasteiger partial charge in [-0.1, -0.05) is 25.0 Å². The van der Waals surface area contributed by atoms with E-state index in [-0.39, 0.29) is 5.97 Å². The number of carbonyl (C=O) groups excluding carboxylic acids is 1. The second-order valence-electron chi connectivity index (χ2n) is 5.37. The fraction of sp³-hybridized carbons (Fsp3) is 0.500. The Hall–Kier alpha value is -1.82. The van der Waals surface area contributed by atoms with Crippen molar-refractivity contribution in [2.75, 3.05) is 7.11 Å². The van der Waals surface area contributed by atoms with Gasteiger partial charge in [-0.3, -0.25) is 4.79 Å². The van der Waals surface area contributed by atoms with Gasteiger partial charge in [-0.2, -0.15) is 5.26 Å². The molecule has 0 aliphatic heterocycles. The number of benzene rings is 1. The normalized spacial score (nSPS) is 18.6. The lowest BCUT2D eigenvalue weighted by molar-refractivity contribution is -0.149. The molecule has 0 radical (unpaired) electrons. The van der Waals surface area contributed by atoms with Crippen LogP contribution in [0.5, 0.6) is 0 Å². The lowest BCUT2D eigenvalue weighted by Crippen LogP contribution is -2.40. The van der Waals surface area contributed by atoms with Crippen LogP contribution in [-0.2, 0) is 14.9 Å². The zero-order chi connectivity index (χ0) is 13.9. The molecule has 1 aliphatic carbocycles. The zero-order valence-corrected chi connectivity index (χ0v) is 11.5. The SMILES string of the molecule is COC(=O)[C@](C)(c1cccc(C#N)c1)C1CCCC1. The van der Waals surface area contributed by atoms with E-state index in [1.807, 2.05) is 25.1 Å². The minimum atomic E-state index is -0.641. The molecular formula is C16H19NO2. The molecule has 0 spiro atoms. The van der Waals surface area contributed by atoms with E-state index in [4.69, 9.17) is 10.00 Å². The fourth-order valence-corrected chi connectivity index (χ4v) is 3.15. The van der Waals surface area contributed by atoms with E-state index in [0.29, 0.717) is 11.5 Å². The molecule has 0 saturated heterocycles. The topological polar surface area (TPSA) is 50.1 Å². The molecule has 0 amide bonds. The second-order valence-corrected chi connectivity index (χ2v) is 5.37.